The molecular formula is C18H28O2Si. The molecule has 1 aliphatic rings. The van der Waals surface area contributed by atoms with Crippen LogP contribution in [0, 0.1) is 0 Å². The van der Waals surface area contributed by atoms with E-state index in [4.69, 9.17) is 4.74 Å². The van der Waals surface area contributed by atoms with Gasteiger partial charge in [0, 0.05) is 0 Å². The van der Waals surface area contributed by atoms with Gasteiger partial charge in [-0.2, -0.15) is 0 Å². The van der Waals surface area contributed by atoms with Crippen molar-refractivity contribution in [2.45, 2.75) is 63.2 Å². The summed E-state index contributed by atoms with van der Waals surface area (Å²) >= 11 is 0. The number of ether oxygens (including phenoxy) is 1. The predicted molar refractivity (Wildman–Crippen MR) is 90.3 cm³/mol. The normalized spacial score (nSPS) is 24.7. The van der Waals surface area contributed by atoms with Crippen molar-refractivity contribution in [1.29, 1.82) is 0 Å². The average Bonchev–Trinajstić information content (AvgIpc) is 3.28. The van der Waals surface area contributed by atoms with Crippen molar-refractivity contribution >= 4 is 14.0 Å². The molecule has 2 atom stereocenters. The van der Waals surface area contributed by atoms with Gasteiger partial charge < -0.3 is 4.74 Å². The van der Waals surface area contributed by atoms with Crippen molar-refractivity contribution in [3.8, 4) is 0 Å². The second-order valence-corrected chi connectivity index (χ2v) is 11.8. The van der Waals surface area contributed by atoms with Gasteiger partial charge in [0.25, 0.3) is 0 Å². The van der Waals surface area contributed by atoms with Gasteiger partial charge >= 0.3 is 5.97 Å². The lowest BCUT2D eigenvalue weighted by atomic mass is 10.1. The van der Waals surface area contributed by atoms with Crippen LogP contribution in [0.25, 0.3) is 0 Å². The average molecular weight is 305 g/mol. The molecule has 1 aromatic carbocycles. The fourth-order valence-corrected chi connectivity index (χ4v) is 9.78. The zero-order valence-electron chi connectivity index (χ0n) is 13.8. The van der Waals surface area contributed by atoms with Crippen molar-refractivity contribution in [2.75, 3.05) is 6.61 Å². The Morgan fingerprint density at radius 3 is 2.19 bits per heavy atom. The topological polar surface area (TPSA) is 26.3 Å². The van der Waals surface area contributed by atoms with E-state index < -0.39 is 8.07 Å². The summed E-state index contributed by atoms with van der Waals surface area (Å²) in [6.45, 7) is 9.24. The van der Waals surface area contributed by atoms with Crippen LogP contribution in [0.4, 0.5) is 0 Å². The smallest absolute Gasteiger partial charge is 0.309 e. The second-order valence-electron chi connectivity index (χ2n) is 6.20. The number of rotatable bonds is 7. The van der Waals surface area contributed by atoms with Crippen LogP contribution in [0.5, 0.6) is 0 Å². The molecule has 1 aromatic rings. The van der Waals surface area contributed by atoms with E-state index >= 15 is 0 Å². The number of carbonyl (C=O) groups excluding carboxylic acids is 1. The highest BCUT2D eigenvalue weighted by Gasteiger charge is 2.71. The molecule has 0 N–H and O–H groups in total. The molecule has 0 saturated heterocycles. The predicted octanol–water partition coefficient (Wildman–Crippen LogP) is 4.99. The van der Waals surface area contributed by atoms with Crippen molar-refractivity contribution in [1.82, 2.24) is 0 Å². The van der Waals surface area contributed by atoms with Crippen molar-refractivity contribution < 1.29 is 9.53 Å². The maximum absolute atomic E-state index is 12.8. The number of benzene rings is 1. The highest BCUT2D eigenvalue weighted by Crippen LogP contribution is 2.73. The fourth-order valence-electron chi connectivity index (χ4n) is 4.34. The Hall–Kier alpha value is -1.09. The van der Waals surface area contributed by atoms with E-state index in [0.717, 1.165) is 6.42 Å². The second kappa shape index (κ2) is 6.35. The maximum atomic E-state index is 12.8. The van der Waals surface area contributed by atoms with Gasteiger partial charge in [0.05, 0.1) is 19.7 Å². The minimum atomic E-state index is -1.65. The summed E-state index contributed by atoms with van der Waals surface area (Å²) in [6, 6.07) is 14.1. The molecule has 2 nitrogen and oxygen atoms in total. The van der Waals surface area contributed by atoms with Gasteiger partial charge in [0.1, 0.15) is 0 Å². The molecule has 1 saturated carbocycles. The van der Waals surface area contributed by atoms with Crippen molar-refractivity contribution in [3.05, 3.63) is 35.9 Å². The first-order valence-corrected chi connectivity index (χ1v) is 11.0. The van der Waals surface area contributed by atoms with Crippen LogP contribution in [0.2, 0.25) is 23.2 Å². The van der Waals surface area contributed by atoms with Crippen LogP contribution < -0.4 is 0 Å². The molecule has 1 aliphatic carbocycles. The van der Waals surface area contributed by atoms with E-state index in [1.54, 1.807) is 0 Å². The van der Waals surface area contributed by atoms with Crippen LogP contribution in [0.1, 0.15) is 45.6 Å². The molecule has 0 radical (unpaired) electrons. The lowest BCUT2D eigenvalue weighted by Gasteiger charge is -2.37. The van der Waals surface area contributed by atoms with Crippen LogP contribution >= 0.6 is 0 Å². The molecule has 0 unspecified atom stereocenters. The molecule has 1 fully saturated rings. The molecule has 116 valence electrons. The van der Waals surface area contributed by atoms with E-state index in [-0.39, 0.29) is 11.0 Å². The molecule has 2 rings (SSSR count). The molecule has 21 heavy (non-hydrogen) atoms. The molecule has 0 aromatic heterocycles. The first-order chi connectivity index (χ1) is 10.1. The summed E-state index contributed by atoms with van der Waals surface area (Å²) in [4.78, 5) is 12.8. The third-order valence-electron chi connectivity index (χ3n) is 5.78. The molecule has 0 aliphatic heterocycles. The van der Waals surface area contributed by atoms with Gasteiger partial charge in [-0.25, -0.2) is 0 Å². The third-order valence-corrected chi connectivity index (χ3v) is 12.5. The van der Waals surface area contributed by atoms with Crippen LogP contribution in [0.3, 0.4) is 0 Å². The summed E-state index contributed by atoms with van der Waals surface area (Å²) in [5.74, 6) is 0.459. The Labute approximate surface area is 129 Å². The third kappa shape index (κ3) is 2.46. The van der Waals surface area contributed by atoms with Crippen LogP contribution in [-0.2, 0) is 9.53 Å². The zero-order chi connectivity index (χ0) is 15.5. The summed E-state index contributed by atoms with van der Waals surface area (Å²) in [6.07, 6.45) is 0.998. The van der Waals surface area contributed by atoms with Gasteiger partial charge in [0.2, 0.25) is 0 Å². The summed E-state index contributed by atoms with van der Waals surface area (Å²) in [7, 11) is -1.65. The molecule has 0 spiro atoms. The Morgan fingerprint density at radius 1 is 1.14 bits per heavy atom. The van der Waals surface area contributed by atoms with Gasteiger partial charge in [-0.3, -0.25) is 4.79 Å². The monoisotopic (exact) mass is 304 g/mol. The molecule has 0 bridgehead atoms. The molecule has 3 heteroatoms. The lowest BCUT2D eigenvalue weighted by Crippen LogP contribution is -2.44. The Bertz CT molecular complexity index is 473. The number of carbonyl (C=O) groups is 1. The highest BCUT2D eigenvalue weighted by atomic mass is 28.3. The SMILES string of the molecule is CCOC(=O)[C@@]1([Si](CC)(CC)CC)C[C@@H]1c1ccccc1. The minimum Gasteiger partial charge on any atom is -0.466 e. The Kier molecular flexibility index (Phi) is 4.92. The van der Waals surface area contributed by atoms with Crippen molar-refractivity contribution in [3.63, 3.8) is 0 Å². The molecule has 0 heterocycles. The largest absolute Gasteiger partial charge is 0.466 e. The van der Waals surface area contributed by atoms with Gasteiger partial charge in [-0.15, -0.1) is 0 Å². The van der Waals surface area contributed by atoms with Crippen molar-refractivity contribution in [2.24, 2.45) is 0 Å². The fraction of sp³-hybridized carbons (Fsp3) is 0.611. The van der Waals surface area contributed by atoms with E-state index in [0.29, 0.717) is 12.5 Å². The van der Waals surface area contributed by atoms with E-state index in [1.165, 1.54) is 23.7 Å². The van der Waals surface area contributed by atoms with E-state index in [1.807, 2.05) is 13.0 Å². The standard InChI is InChI=1S/C18H28O2Si/c1-5-20-17(19)18(21(6-2,7-3)8-4)14-16(18)15-12-10-9-11-13-15/h9-13,16H,5-8,14H2,1-4H3/t16-,18-/m1/s1. The number of hydrogen-bond donors (Lipinski definition) is 0. The summed E-state index contributed by atoms with van der Waals surface area (Å²) in [5.41, 5.74) is 1.32. The molecular weight excluding hydrogens is 276 g/mol. The van der Waals surface area contributed by atoms with E-state index in [9.17, 15) is 4.79 Å². The number of hydrogen-bond acceptors (Lipinski definition) is 2. The summed E-state index contributed by atoms with van der Waals surface area (Å²) in [5, 5.41) is -0.178. The Balaban J connectivity index is 2.42. The van der Waals surface area contributed by atoms with E-state index in [2.05, 4.69) is 45.0 Å². The first-order valence-electron chi connectivity index (χ1n) is 8.34. The van der Waals surface area contributed by atoms with Crippen LogP contribution in [0.15, 0.2) is 30.3 Å². The minimum absolute atomic E-state index is 0.0797. The first kappa shape index (κ1) is 16.3. The van der Waals surface area contributed by atoms with Crippen LogP contribution in [-0.4, -0.2) is 20.7 Å². The number of esters is 1. The summed E-state index contributed by atoms with van der Waals surface area (Å²) < 4.78 is 5.53. The Morgan fingerprint density at radius 2 is 1.71 bits per heavy atom. The maximum Gasteiger partial charge on any atom is 0.309 e. The quantitative estimate of drug-likeness (QED) is 0.524. The molecule has 0 amide bonds. The lowest BCUT2D eigenvalue weighted by molar-refractivity contribution is -0.144. The van der Waals surface area contributed by atoms with Gasteiger partial charge in [-0.05, 0) is 24.8 Å². The van der Waals surface area contributed by atoms with Gasteiger partial charge in [0.15, 0.2) is 0 Å². The van der Waals surface area contributed by atoms with Gasteiger partial charge in [-0.1, -0.05) is 69.2 Å². The highest BCUT2D eigenvalue weighted by molar-refractivity contribution is 6.86. The zero-order valence-corrected chi connectivity index (χ0v) is 14.8.